The molecule has 13 heavy (non-hydrogen) atoms. The van der Waals surface area contributed by atoms with E-state index in [0.717, 1.165) is 22.6 Å². The molecule has 0 heterocycles. The van der Waals surface area contributed by atoms with Crippen LogP contribution in [0.5, 0.6) is 0 Å². The molecular weight excluding hydrogens is 315 g/mol. The lowest BCUT2D eigenvalue weighted by Crippen LogP contribution is -1.93. The lowest BCUT2D eigenvalue weighted by Gasteiger charge is -2.07. The fraction of sp³-hybridized carbons (Fsp3) is 0.400. The van der Waals surface area contributed by atoms with Crippen LogP contribution in [0, 0.1) is 0 Å². The van der Waals surface area contributed by atoms with E-state index in [1.54, 1.807) is 0 Å². The lowest BCUT2D eigenvalue weighted by molar-refractivity contribution is 0.925. The van der Waals surface area contributed by atoms with Crippen molar-refractivity contribution in [1.82, 2.24) is 0 Å². The van der Waals surface area contributed by atoms with E-state index in [-0.39, 0.29) is 0 Å². The molecule has 1 aromatic carbocycles. The fourth-order valence-corrected chi connectivity index (χ4v) is 2.55. The molecule has 0 saturated carbocycles. The number of halogens is 3. The van der Waals surface area contributed by atoms with Gasteiger partial charge in [-0.3, -0.25) is 0 Å². The first-order valence-corrected chi connectivity index (χ1v) is 6.62. The van der Waals surface area contributed by atoms with Gasteiger partial charge in [-0.1, -0.05) is 44.0 Å². The van der Waals surface area contributed by atoms with E-state index in [1.807, 2.05) is 6.07 Å². The van der Waals surface area contributed by atoms with Gasteiger partial charge in [0.2, 0.25) is 0 Å². The number of hydrogen-bond donors (Lipinski definition) is 0. The van der Waals surface area contributed by atoms with Crippen molar-refractivity contribution >= 4 is 43.5 Å². The highest BCUT2D eigenvalue weighted by Crippen LogP contribution is 2.23. The van der Waals surface area contributed by atoms with Crippen LogP contribution in [-0.2, 0) is 12.3 Å². The monoisotopic (exact) mass is 324 g/mol. The molecule has 0 aliphatic rings. The maximum atomic E-state index is 5.87. The van der Waals surface area contributed by atoms with E-state index in [9.17, 15) is 0 Å². The van der Waals surface area contributed by atoms with Crippen molar-refractivity contribution in [2.75, 3.05) is 5.33 Å². The standard InChI is InChI=1S/C10H11Br2Cl/c11-6-2-4-8-3-1-5-10(12)9(8)7-13/h1,3,5H,2,4,6-7H2. The Kier molecular flexibility index (Phi) is 5.37. The molecule has 0 aliphatic carbocycles. The molecular formula is C10H11Br2Cl. The average Bonchev–Trinajstić information content (AvgIpc) is 2.15. The first-order chi connectivity index (χ1) is 6.29. The molecule has 0 nitrogen and oxygen atoms in total. The second-order valence-corrected chi connectivity index (χ2v) is 4.72. The third-order valence-electron chi connectivity index (χ3n) is 1.93. The van der Waals surface area contributed by atoms with Gasteiger partial charge in [0, 0.05) is 15.7 Å². The number of aryl methyl sites for hydroxylation is 1. The van der Waals surface area contributed by atoms with Crippen molar-refractivity contribution in [2.45, 2.75) is 18.7 Å². The predicted octanol–water partition coefficient (Wildman–Crippen LogP) is 4.52. The van der Waals surface area contributed by atoms with E-state index in [2.05, 4.69) is 44.0 Å². The maximum Gasteiger partial charge on any atom is 0.0487 e. The van der Waals surface area contributed by atoms with Crippen molar-refractivity contribution in [2.24, 2.45) is 0 Å². The molecule has 0 amide bonds. The van der Waals surface area contributed by atoms with Crippen LogP contribution < -0.4 is 0 Å². The zero-order valence-electron chi connectivity index (χ0n) is 7.19. The van der Waals surface area contributed by atoms with E-state index in [4.69, 9.17) is 11.6 Å². The first-order valence-electron chi connectivity index (χ1n) is 4.17. The van der Waals surface area contributed by atoms with Crippen molar-refractivity contribution in [1.29, 1.82) is 0 Å². The van der Waals surface area contributed by atoms with Crippen LogP contribution in [0.4, 0.5) is 0 Å². The summed E-state index contributed by atoms with van der Waals surface area (Å²) >= 11 is 12.8. The van der Waals surface area contributed by atoms with E-state index in [1.165, 1.54) is 11.1 Å². The Morgan fingerprint density at radius 1 is 1.31 bits per heavy atom. The smallest absolute Gasteiger partial charge is 0.0487 e. The lowest BCUT2D eigenvalue weighted by atomic mass is 10.0. The van der Waals surface area contributed by atoms with E-state index in [0.29, 0.717) is 5.88 Å². The van der Waals surface area contributed by atoms with Gasteiger partial charge in [-0.25, -0.2) is 0 Å². The molecule has 0 saturated heterocycles. The van der Waals surface area contributed by atoms with Gasteiger partial charge >= 0.3 is 0 Å². The molecule has 1 rings (SSSR count). The summed E-state index contributed by atoms with van der Waals surface area (Å²) < 4.78 is 1.12. The van der Waals surface area contributed by atoms with E-state index >= 15 is 0 Å². The van der Waals surface area contributed by atoms with Crippen molar-refractivity contribution in [3.8, 4) is 0 Å². The molecule has 0 aliphatic heterocycles. The van der Waals surface area contributed by atoms with Crippen LogP contribution in [0.2, 0.25) is 0 Å². The van der Waals surface area contributed by atoms with Crippen molar-refractivity contribution in [3.63, 3.8) is 0 Å². The summed E-state index contributed by atoms with van der Waals surface area (Å²) in [6, 6.07) is 6.24. The molecule has 0 unspecified atom stereocenters. The Balaban J connectivity index is 2.85. The summed E-state index contributed by atoms with van der Waals surface area (Å²) in [5.74, 6) is 0.582. The zero-order chi connectivity index (χ0) is 9.68. The summed E-state index contributed by atoms with van der Waals surface area (Å²) in [7, 11) is 0. The Morgan fingerprint density at radius 3 is 2.69 bits per heavy atom. The molecule has 3 heteroatoms. The number of benzene rings is 1. The van der Waals surface area contributed by atoms with Gasteiger partial charge in [-0.2, -0.15) is 0 Å². The van der Waals surface area contributed by atoms with Gasteiger partial charge < -0.3 is 0 Å². The number of alkyl halides is 2. The molecule has 0 atom stereocenters. The summed E-state index contributed by atoms with van der Waals surface area (Å²) in [5.41, 5.74) is 2.58. The molecule has 0 aromatic heterocycles. The highest BCUT2D eigenvalue weighted by molar-refractivity contribution is 9.10. The molecule has 0 spiro atoms. The summed E-state index contributed by atoms with van der Waals surface area (Å²) in [6.07, 6.45) is 2.24. The summed E-state index contributed by atoms with van der Waals surface area (Å²) in [4.78, 5) is 0. The van der Waals surface area contributed by atoms with Crippen LogP contribution >= 0.6 is 43.5 Å². The molecule has 0 N–H and O–H groups in total. The zero-order valence-corrected chi connectivity index (χ0v) is 11.1. The normalized spacial score (nSPS) is 10.4. The second kappa shape index (κ2) is 6.05. The van der Waals surface area contributed by atoms with Gasteiger partial charge in [0.1, 0.15) is 0 Å². The van der Waals surface area contributed by atoms with Crippen LogP contribution in [0.15, 0.2) is 22.7 Å². The first kappa shape index (κ1) is 11.5. The number of hydrogen-bond acceptors (Lipinski definition) is 0. The van der Waals surface area contributed by atoms with Gasteiger partial charge in [0.15, 0.2) is 0 Å². The minimum absolute atomic E-state index is 0.582. The maximum absolute atomic E-state index is 5.87. The minimum Gasteiger partial charge on any atom is -0.121 e. The quantitative estimate of drug-likeness (QED) is 0.714. The van der Waals surface area contributed by atoms with Gasteiger partial charge in [-0.05, 0) is 30.0 Å². The highest BCUT2D eigenvalue weighted by atomic mass is 79.9. The third-order valence-corrected chi connectivity index (χ3v) is 3.50. The van der Waals surface area contributed by atoms with Gasteiger partial charge in [-0.15, -0.1) is 11.6 Å². The number of rotatable bonds is 4. The fourth-order valence-electron chi connectivity index (χ4n) is 1.24. The third kappa shape index (κ3) is 3.26. The minimum atomic E-state index is 0.582. The van der Waals surface area contributed by atoms with Crippen molar-refractivity contribution < 1.29 is 0 Å². The molecule has 0 radical (unpaired) electrons. The Hall–Kier alpha value is 0.470. The molecule has 1 aromatic rings. The molecule has 72 valence electrons. The van der Waals surface area contributed by atoms with Crippen LogP contribution in [0.1, 0.15) is 17.5 Å². The van der Waals surface area contributed by atoms with Crippen LogP contribution in [0.3, 0.4) is 0 Å². The van der Waals surface area contributed by atoms with Crippen LogP contribution in [0.25, 0.3) is 0 Å². The predicted molar refractivity (Wildman–Crippen MR) is 65.8 cm³/mol. The summed E-state index contributed by atoms with van der Waals surface area (Å²) in [5, 5.41) is 1.04. The summed E-state index contributed by atoms with van der Waals surface area (Å²) in [6.45, 7) is 0. The highest BCUT2D eigenvalue weighted by Gasteiger charge is 2.04. The topological polar surface area (TPSA) is 0 Å². The SMILES string of the molecule is ClCc1c(Br)cccc1CCCBr. The van der Waals surface area contributed by atoms with E-state index < -0.39 is 0 Å². The Bertz CT molecular complexity index is 274. The Labute approximate surface area is 101 Å². The molecule has 0 fully saturated rings. The van der Waals surface area contributed by atoms with Gasteiger partial charge in [0.05, 0.1) is 0 Å². The largest absolute Gasteiger partial charge is 0.121 e. The average molecular weight is 326 g/mol. The van der Waals surface area contributed by atoms with Gasteiger partial charge in [0.25, 0.3) is 0 Å². The van der Waals surface area contributed by atoms with Crippen LogP contribution in [-0.4, -0.2) is 5.33 Å². The van der Waals surface area contributed by atoms with Crippen molar-refractivity contribution in [3.05, 3.63) is 33.8 Å². The molecule has 0 bridgehead atoms. The Morgan fingerprint density at radius 2 is 2.08 bits per heavy atom. The second-order valence-electron chi connectivity index (χ2n) is 2.80.